The first-order valence-electron chi connectivity index (χ1n) is 10.0. The molecule has 0 unspecified atom stereocenters. The standard InChI is InChI=1S/C21H33N5/c1-16-14-19(20(22)8-11-23-2)21(24-15-16)26-12-9-18(10-13-26)25-17-6-4-3-5-7-17/h8,11,14-15,17-18,25H,3-7,9-10,12-13,22H2,1-2H3/b20-8-,23-11?. The molecule has 1 saturated heterocycles. The minimum absolute atomic E-state index is 0.642. The number of anilines is 1. The normalized spacial score (nSPS) is 20.8. The number of aromatic nitrogens is 1. The Morgan fingerprint density at radius 2 is 1.88 bits per heavy atom. The average molecular weight is 356 g/mol. The second kappa shape index (κ2) is 9.17. The number of nitrogens with one attached hydrogen (secondary N) is 1. The predicted molar refractivity (Wildman–Crippen MR) is 111 cm³/mol. The molecule has 0 spiro atoms. The number of hydrogen-bond donors (Lipinski definition) is 2. The van der Waals surface area contributed by atoms with Gasteiger partial charge in [0, 0.05) is 55.9 Å². The zero-order valence-corrected chi connectivity index (χ0v) is 16.2. The van der Waals surface area contributed by atoms with Crippen molar-refractivity contribution in [2.24, 2.45) is 10.7 Å². The number of rotatable bonds is 5. The van der Waals surface area contributed by atoms with Crippen LogP contribution < -0.4 is 16.0 Å². The van der Waals surface area contributed by atoms with Crippen LogP contribution in [0.1, 0.15) is 56.1 Å². The first kappa shape index (κ1) is 18.9. The van der Waals surface area contributed by atoms with E-state index in [9.17, 15) is 0 Å². The lowest BCUT2D eigenvalue weighted by Crippen LogP contribution is -2.47. The molecule has 1 aliphatic carbocycles. The van der Waals surface area contributed by atoms with Crippen molar-refractivity contribution in [2.45, 2.75) is 64.0 Å². The summed E-state index contributed by atoms with van der Waals surface area (Å²) < 4.78 is 0. The van der Waals surface area contributed by atoms with Gasteiger partial charge >= 0.3 is 0 Å². The molecule has 5 heteroatoms. The number of hydrogen-bond acceptors (Lipinski definition) is 5. The Labute approximate surface area is 157 Å². The molecule has 0 bridgehead atoms. The molecule has 5 nitrogen and oxygen atoms in total. The molecule has 26 heavy (non-hydrogen) atoms. The maximum absolute atomic E-state index is 6.30. The van der Waals surface area contributed by atoms with Crippen LogP contribution in [-0.4, -0.2) is 43.4 Å². The molecule has 1 aromatic heterocycles. The number of allylic oxidation sites excluding steroid dienone is 1. The molecular weight excluding hydrogens is 322 g/mol. The fourth-order valence-electron chi connectivity index (χ4n) is 4.13. The van der Waals surface area contributed by atoms with Gasteiger partial charge in [-0.05, 0) is 50.3 Å². The van der Waals surface area contributed by atoms with Gasteiger partial charge in [-0.25, -0.2) is 4.98 Å². The Hall–Kier alpha value is -1.88. The van der Waals surface area contributed by atoms with Gasteiger partial charge in [-0.1, -0.05) is 19.3 Å². The monoisotopic (exact) mass is 355 g/mol. The minimum atomic E-state index is 0.642. The van der Waals surface area contributed by atoms with Gasteiger partial charge in [0.2, 0.25) is 0 Å². The summed E-state index contributed by atoms with van der Waals surface area (Å²) >= 11 is 0. The molecule has 0 aromatic carbocycles. The topological polar surface area (TPSA) is 66.5 Å². The Bertz CT molecular complexity index is 638. The highest BCUT2D eigenvalue weighted by Crippen LogP contribution is 2.27. The minimum Gasteiger partial charge on any atom is -0.398 e. The van der Waals surface area contributed by atoms with Crippen molar-refractivity contribution in [2.75, 3.05) is 25.0 Å². The summed E-state index contributed by atoms with van der Waals surface area (Å²) in [4.78, 5) is 11.1. The zero-order valence-electron chi connectivity index (χ0n) is 16.2. The van der Waals surface area contributed by atoms with Crippen molar-refractivity contribution < 1.29 is 0 Å². The van der Waals surface area contributed by atoms with Crippen molar-refractivity contribution in [1.82, 2.24) is 10.3 Å². The average Bonchev–Trinajstić information content (AvgIpc) is 2.67. The van der Waals surface area contributed by atoms with Crippen LogP contribution in [0.5, 0.6) is 0 Å². The molecule has 1 aromatic rings. The van der Waals surface area contributed by atoms with E-state index in [1.807, 2.05) is 12.3 Å². The molecule has 1 saturated carbocycles. The smallest absolute Gasteiger partial charge is 0.137 e. The van der Waals surface area contributed by atoms with E-state index in [0.29, 0.717) is 6.04 Å². The second-order valence-corrected chi connectivity index (χ2v) is 7.68. The van der Waals surface area contributed by atoms with Gasteiger partial charge in [0.15, 0.2) is 0 Å². The summed E-state index contributed by atoms with van der Waals surface area (Å²) in [5, 5.41) is 3.90. The largest absolute Gasteiger partial charge is 0.398 e. The van der Waals surface area contributed by atoms with Gasteiger partial charge in [-0.15, -0.1) is 0 Å². The van der Waals surface area contributed by atoms with Crippen LogP contribution in [0.4, 0.5) is 5.82 Å². The van der Waals surface area contributed by atoms with E-state index in [1.165, 1.54) is 44.9 Å². The van der Waals surface area contributed by atoms with Crippen molar-refractivity contribution in [3.05, 3.63) is 29.5 Å². The van der Waals surface area contributed by atoms with E-state index in [2.05, 4.69) is 28.2 Å². The third-order valence-corrected chi connectivity index (χ3v) is 5.59. The zero-order chi connectivity index (χ0) is 18.4. The highest BCUT2D eigenvalue weighted by molar-refractivity contribution is 5.86. The number of nitrogens with zero attached hydrogens (tertiary/aromatic N) is 3. The lowest BCUT2D eigenvalue weighted by molar-refractivity contribution is 0.307. The second-order valence-electron chi connectivity index (χ2n) is 7.68. The molecule has 3 rings (SSSR count). The summed E-state index contributed by atoms with van der Waals surface area (Å²) in [6.45, 7) is 4.12. The van der Waals surface area contributed by atoms with Crippen LogP contribution in [0.25, 0.3) is 5.70 Å². The molecular formula is C21H33N5. The summed E-state index contributed by atoms with van der Waals surface area (Å²) in [5.74, 6) is 1.00. The molecule has 2 heterocycles. The highest BCUT2D eigenvalue weighted by atomic mass is 15.2. The van der Waals surface area contributed by atoms with E-state index < -0.39 is 0 Å². The Morgan fingerprint density at radius 1 is 1.19 bits per heavy atom. The van der Waals surface area contributed by atoms with Gasteiger partial charge in [0.1, 0.15) is 5.82 Å². The van der Waals surface area contributed by atoms with Crippen LogP contribution in [-0.2, 0) is 0 Å². The quantitative estimate of drug-likeness (QED) is 0.796. The number of nitrogens with two attached hydrogens (primary N) is 1. The van der Waals surface area contributed by atoms with Crippen LogP contribution in [0.2, 0.25) is 0 Å². The van der Waals surface area contributed by atoms with Gasteiger partial charge in [0.25, 0.3) is 0 Å². The SMILES string of the molecule is CN=C/C=C(\N)c1cc(C)cnc1N1CCC(NC2CCCCC2)CC1. The van der Waals surface area contributed by atoms with E-state index in [0.717, 1.165) is 41.8 Å². The van der Waals surface area contributed by atoms with Gasteiger partial charge in [0.05, 0.1) is 0 Å². The van der Waals surface area contributed by atoms with E-state index in [4.69, 9.17) is 10.7 Å². The summed E-state index contributed by atoms with van der Waals surface area (Å²) in [7, 11) is 1.75. The van der Waals surface area contributed by atoms with Crippen LogP contribution in [0.3, 0.4) is 0 Å². The fourth-order valence-corrected chi connectivity index (χ4v) is 4.13. The van der Waals surface area contributed by atoms with E-state index in [1.54, 1.807) is 13.3 Å². The fraction of sp³-hybridized carbons (Fsp3) is 0.619. The molecule has 3 N–H and O–H groups in total. The Morgan fingerprint density at radius 3 is 2.58 bits per heavy atom. The molecule has 142 valence electrons. The van der Waals surface area contributed by atoms with Crippen molar-refractivity contribution in [3.8, 4) is 0 Å². The molecule has 0 radical (unpaired) electrons. The first-order chi connectivity index (χ1) is 12.7. The number of pyridine rings is 1. The maximum Gasteiger partial charge on any atom is 0.137 e. The summed E-state index contributed by atoms with van der Waals surface area (Å²) in [6, 6.07) is 3.51. The van der Waals surface area contributed by atoms with Crippen molar-refractivity contribution in [3.63, 3.8) is 0 Å². The third kappa shape index (κ3) is 4.85. The third-order valence-electron chi connectivity index (χ3n) is 5.59. The van der Waals surface area contributed by atoms with E-state index in [-0.39, 0.29) is 0 Å². The van der Waals surface area contributed by atoms with E-state index >= 15 is 0 Å². The lowest BCUT2D eigenvalue weighted by atomic mass is 9.93. The molecule has 2 fully saturated rings. The van der Waals surface area contributed by atoms with Crippen LogP contribution in [0, 0.1) is 6.92 Å². The lowest BCUT2D eigenvalue weighted by Gasteiger charge is -2.36. The molecule has 0 amide bonds. The predicted octanol–water partition coefficient (Wildman–Crippen LogP) is 3.28. The maximum atomic E-state index is 6.30. The van der Waals surface area contributed by atoms with Crippen LogP contribution >= 0.6 is 0 Å². The Kier molecular flexibility index (Phi) is 6.67. The van der Waals surface area contributed by atoms with Crippen molar-refractivity contribution in [1.29, 1.82) is 0 Å². The van der Waals surface area contributed by atoms with Crippen molar-refractivity contribution >= 4 is 17.7 Å². The van der Waals surface area contributed by atoms with Gasteiger partial charge in [-0.3, -0.25) is 4.99 Å². The highest BCUT2D eigenvalue weighted by Gasteiger charge is 2.24. The van der Waals surface area contributed by atoms with Crippen LogP contribution in [0.15, 0.2) is 23.3 Å². The molecule has 1 aliphatic heterocycles. The number of aliphatic imine (C=N–C) groups is 1. The Balaban J connectivity index is 1.65. The van der Waals surface area contributed by atoms with Gasteiger partial charge in [-0.2, -0.15) is 0 Å². The summed E-state index contributed by atoms with van der Waals surface area (Å²) in [6.07, 6.45) is 14.8. The number of aryl methyl sites for hydroxylation is 1. The first-order valence-corrected chi connectivity index (χ1v) is 10.0. The molecule has 0 atom stereocenters. The molecule has 2 aliphatic rings. The summed E-state index contributed by atoms with van der Waals surface area (Å²) in [5.41, 5.74) is 9.17. The van der Waals surface area contributed by atoms with Gasteiger partial charge < -0.3 is 16.0 Å². The number of piperidine rings is 1.